The number of amides is 1. The number of benzene rings is 2. The van der Waals surface area contributed by atoms with E-state index in [0.717, 1.165) is 23.1 Å². The summed E-state index contributed by atoms with van der Waals surface area (Å²) in [5.74, 6) is -1.03. The second-order valence-electron chi connectivity index (χ2n) is 5.78. The molecule has 0 aromatic heterocycles. The van der Waals surface area contributed by atoms with E-state index in [1.54, 1.807) is 0 Å². The predicted molar refractivity (Wildman–Crippen MR) is 90.1 cm³/mol. The van der Waals surface area contributed by atoms with Crippen molar-refractivity contribution in [3.8, 4) is 0 Å². The Bertz CT molecular complexity index is 757. The number of carbonyl (C=O) groups is 2. The highest BCUT2D eigenvalue weighted by molar-refractivity contribution is 5.98. The minimum absolute atomic E-state index is 0.116. The Balaban J connectivity index is 1.83. The van der Waals surface area contributed by atoms with Crippen molar-refractivity contribution in [1.82, 2.24) is 0 Å². The standard InChI is InChI=1S/C19H19NO4/c1-2-13-8-9-15-11-17(18(21)22)20(16(15)10-13)19(23)24-12-14-6-4-3-5-7-14/h3-10,17H,2,11-12H2,1H3,(H,21,22)/t17-/m1/s1. The number of ether oxygens (including phenoxy) is 1. The van der Waals surface area contributed by atoms with Crippen LogP contribution in [0.1, 0.15) is 23.6 Å². The molecule has 0 radical (unpaired) electrons. The smallest absolute Gasteiger partial charge is 0.415 e. The maximum atomic E-state index is 12.5. The fourth-order valence-corrected chi connectivity index (χ4v) is 2.91. The zero-order valence-corrected chi connectivity index (χ0v) is 13.4. The number of aliphatic carboxylic acids is 1. The number of carbonyl (C=O) groups excluding carboxylic acids is 1. The highest BCUT2D eigenvalue weighted by Gasteiger charge is 2.39. The molecule has 3 rings (SSSR count). The Labute approximate surface area is 140 Å². The van der Waals surface area contributed by atoms with Crippen LogP contribution in [0, 0.1) is 0 Å². The number of nitrogens with zero attached hydrogens (tertiary/aromatic N) is 1. The molecule has 1 N–H and O–H groups in total. The van der Waals surface area contributed by atoms with E-state index in [0.29, 0.717) is 12.1 Å². The average Bonchev–Trinajstić information content (AvgIpc) is 2.99. The van der Waals surface area contributed by atoms with Gasteiger partial charge >= 0.3 is 12.1 Å². The molecule has 1 aliphatic heterocycles. The summed E-state index contributed by atoms with van der Waals surface area (Å²) in [5, 5.41) is 9.47. The van der Waals surface area contributed by atoms with Gasteiger partial charge in [0, 0.05) is 6.42 Å². The number of rotatable bonds is 4. The lowest BCUT2D eigenvalue weighted by Gasteiger charge is -2.22. The van der Waals surface area contributed by atoms with Crippen LogP contribution < -0.4 is 4.90 Å². The maximum absolute atomic E-state index is 12.5. The quantitative estimate of drug-likeness (QED) is 0.935. The normalized spacial score (nSPS) is 15.9. The molecule has 1 heterocycles. The van der Waals surface area contributed by atoms with Gasteiger partial charge in [0.25, 0.3) is 0 Å². The molecule has 2 aromatic rings. The Hall–Kier alpha value is -2.82. The van der Waals surface area contributed by atoms with E-state index in [1.807, 2.05) is 55.5 Å². The zero-order valence-electron chi connectivity index (χ0n) is 13.4. The van der Waals surface area contributed by atoms with Crippen molar-refractivity contribution < 1.29 is 19.4 Å². The molecule has 0 aliphatic carbocycles. The molecular weight excluding hydrogens is 306 g/mol. The molecule has 0 saturated heterocycles. The molecule has 124 valence electrons. The predicted octanol–water partition coefficient (Wildman–Crippen LogP) is 3.40. The maximum Gasteiger partial charge on any atom is 0.415 e. The fourth-order valence-electron chi connectivity index (χ4n) is 2.91. The van der Waals surface area contributed by atoms with Gasteiger partial charge in [-0.25, -0.2) is 9.59 Å². The molecule has 5 nitrogen and oxygen atoms in total. The van der Waals surface area contributed by atoms with Gasteiger partial charge in [-0.1, -0.05) is 49.4 Å². The van der Waals surface area contributed by atoms with Gasteiger partial charge in [-0.15, -0.1) is 0 Å². The monoisotopic (exact) mass is 325 g/mol. The van der Waals surface area contributed by atoms with Crippen molar-refractivity contribution >= 4 is 17.7 Å². The number of aryl methyl sites for hydroxylation is 1. The van der Waals surface area contributed by atoms with Crippen molar-refractivity contribution in [3.63, 3.8) is 0 Å². The minimum Gasteiger partial charge on any atom is -0.480 e. The average molecular weight is 325 g/mol. The molecule has 0 saturated carbocycles. The van der Waals surface area contributed by atoms with E-state index in [1.165, 1.54) is 4.90 Å². The lowest BCUT2D eigenvalue weighted by molar-refractivity contribution is -0.138. The van der Waals surface area contributed by atoms with E-state index < -0.39 is 18.1 Å². The van der Waals surface area contributed by atoms with Gasteiger partial charge in [0.1, 0.15) is 12.6 Å². The van der Waals surface area contributed by atoms with Crippen LogP contribution in [0.15, 0.2) is 48.5 Å². The molecule has 0 bridgehead atoms. The molecule has 24 heavy (non-hydrogen) atoms. The Morgan fingerprint density at radius 1 is 1.17 bits per heavy atom. The number of hydrogen-bond acceptors (Lipinski definition) is 3. The van der Waals surface area contributed by atoms with E-state index in [-0.39, 0.29) is 6.61 Å². The molecule has 0 spiro atoms. The van der Waals surface area contributed by atoms with Gasteiger partial charge in [0.2, 0.25) is 0 Å². The lowest BCUT2D eigenvalue weighted by atomic mass is 10.1. The van der Waals surface area contributed by atoms with E-state index in [4.69, 9.17) is 4.74 Å². The second kappa shape index (κ2) is 6.74. The van der Waals surface area contributed by atoms with Crippen molar-refractivity contribution in [1.29, 1.82) is 0 Å². The van der Waals surface area contributed by atoms with Crippen LogP contribution in [-0.4, -0.2) is 23.2 Å². The molecule has 2 aromatic carbocycles. The van der Waals surface area contributed by atoms with E-state index in [9.17, 15) is 14.7 Å². The zero-order chi connectivity index (χ0) is 17.1. The van der Waals surface area contributed by atoms with Gasteiger partial charge in [-0.2, -0.15) is 0 Å². The third-order valence-electron chi connectivity index (χ3n) is 4.23. The van der Waals surface area contributed by atoms with Gasteiger partial charge in [0.05, 0.1) is 5.69 Å². The highest BCUT2D eigenvalue weighted by atomic mass is 16.6. The van der Waals surface area contributed by atoms with E-state index >= 15 is 0 Å². The number of fused-ring (bicyclic) bond motifs is 1. The molecule has 0 unspecified atom stereocenters. The molecule has 0 fully saturated rings. The third-order valence-corrected chi connectivity index (χ3v) is 4.23. The SMILES string of the molecule is CCc1ccc2c(c1)N(C(=O)OCc1ccccc1)[C@@H](C(=O)O)C2. The lowest BCUT2D eigenvalue weighted by Crippen LogP contribution is -2.43. The fraction of sp³-hybridized carbons (Fsp3) is 0.263. The molecular formula is C19H19NO4. The van der Waals surface area contributed by atoms with Crippen LogP contribution >= 0.6 is 0 Å². The van der Waals surface area contributed by atoms with Crippen molar-refractivity contribution in [2.24, 2.45) is 0 Å². The molecule has 5 heteroatoms. The van der Waals surface area contributed by atoms with Gasteiger partial charge in [0.15, 0.2) is 0 Å². The van der Waals surface area contributed by atoms with Gasteiger partial charge < -0.3 is 9.84 Å². The Morgan fingerprint density at radius 2 is 1.92 bits per heavy atom. The number of hydrogen-bond donors (Lipinski definition) is 1. The summed E-state index contributed by atoms with van der Waals surface area (Å²) >= 11 is 0. The first kappa shape index (κ1) is 16.1. The summed E-state index contributed by atoms with van der Waals surface area (Å²) in [4.78, 5) is 25.4. The summed E-state index contributed by atoms with van der Waals surface area (Å²) in [5.41, 5.74) is 3.41. The number of anilines is 1. The summed E-state index contributed by atoms with van der Waals surface area (Å²) in [7, 11) is 0. The molecule has 1 aliphatic rings. The van der Waals surface area contributed by atoms with Crippen molar-refractivity contribution in [3.05, 3.63) is 65.2 Å². The largest absolute Gasteiger partial charge is 0.480 e. The Kier molecular flexibility index (Phi) is 4.51. The first-order valence-electron chi connectivity index (χ1n) is 7.94. The summed E-state index contributed by atoms with van der Waals surface area (Å²) in [6.07, 6.45) is 0.491. The summed E-state index contributed by atoms with van der Waals surface area (Å²) < 4.78 is 5.35. The van der Waals surface area contributed by atoms with Crippen molar-refractivity contribution in [2.75, 3.05) is 4.90 Å². The van der Waals surface area contributed by atoms with Crippen LogP contribution in [0.3, 0.4) is 0 Å². The second-order valence-corrected chi connectivity index (χ2v) is 5.78. The van der Waals surface area contributed by atoms with Gasteiger partial charge in [-0.3, -0.25) is 4.90 Å². The third kappa shape index (κ3) is 3.11. The summed E-state index contributed by atoms with van der Waals surface area (Å²) in [6, 6.07) is 14.1. The topological polar surface area (TPSA) is 66.8 Å². The summed E-state index contributed by atoms with van der Waals surface area (Å²) in [6.45, 7) is 2.13. The number of carboxylic acid groups (broad SMARTS) is 1. The molecule has 1 amide bonds. The van der Waals surface area contributed by atoms with Crippen LogP contribution in [0.4, 0.5) is 10.5 Å². The minimum atomic E-state index is -1.03. The number of carboxylic acids is 1. The van der Waals surface area contributed by atoms with E-state index in [2.05, 4.69) is 0 Å². The van der Waals surface area contributed by atoms with Crippen LogP contribution in [0.2, 0.25) is 0 Å². The first-order chi connectivity index (χ1) is 11.6. The molecule has 1 atom stereocenters. The van der Waals surface area contributed by atoms with Crippen LogP contribution in [0.25, 0.3) is 0 Å². The van der Waals surface area contributed by atoms with Crippen molar-refractivity contribution in [2.45, 2.75) is 32.4 Å². The van der Waals surface area contributed by atoms with Gasteiger partial charge in [-0.05, 0) is 29.2 Å². The first-order valence-corrected chi connectivity index (χ1v) is 7.94. The Morgan fingerprint density at radius 3 is 2.58 bits per heavy atom. The van der Waals surface area contributed by atoms with Crippen LogP contribution in [-0.2, 0) is 29.0 Å². The highest BCUT2D eigenvalue weighted by Crippen LogP contribution is 2.34. The van der Waals surface area contributed by atoms with Crippen LogP contribution in [0.5, 0.6) is 0 Å².